The molecule has 0 radical (unpaired) electrons. The van der Waals surface area contributed by atoms with E-state index in [9.17, 15) is 0 Å². The third kappa shape index (κ3) is 3.48. The molecule has 1 rings (SSSR count). The number of thiocarbonyl (C=S) groups is 1. The van der Waals surface area contributed by atoms with E-state index in [1.54, 1.807) is 23.5 Å². The maximum absolute atomic E-state index is 5.19. The molecule has 0 aromatic carbocycles. The molecular weight excluding hydrogens is 196 g/mol. The molecule has 0 amide bonds. The summed E-state index contributed by atoms with van der Waals surface area (Å²) in [6, 6.07) is 0. The summed E-state index contributed by atoms with van der Waals surface area (Å²) in [5.41, 5.74) is 0. The fourth-order valence-electron chi connectivity index (χ4n) is 0.697. The molecule has 0 spiro atoms. The van der Waals surface area contributed by atoms with Crippen LogP contribution in [0.25, 0.3) is 0 Å². The van der Waals surface area contributed by atoms with Crippen molar-refractivity contribution in [3.05, 3.63) is 0 Å². The molecule has 0 N–H and O–H groups in total. The third-order valence-electron chi connectivity index (χ3n) is 1.14. The van der Waals surface area contributed by atoms with Gasteiger partial charge in [0.25, 0.3) is 0 Å². The zero-order valence-corrected chi connectivity index (χ0v) is 8.36. The van der Waals surface area contributed by atoms with E-state index in [1.165, 1.54) is 0 Å². The van der Waals surface area contributed by atoms with Crippen LogP contribution < -0.4 is 0 Å². The number of ether oxygens (including phenoxy) is 1. The maximum atomic E-state index is 5.19. The Morgan fingerprint density at radius 1 is 1.82 bits per heavy atom. The van der Waals surface area contributed by atoms with E-state index in [1.807, 2.05) is 0 Å². The van der Waals surface area contributed by atoms with Crippen molar-refractivity contribution in [1.29, 1.82) is 0 Å². The first-order chi connectivity index (χ1) is 5.33. The molecule has 0 aromatic rings. The van der Waals surface area contributed by atoms with Crippen LogP contribution in [0.4, 0.5) is 0 Å². The van der Waals surface area contributed by atoms with Crippen LogP contribution in [0.15, 0.2) is 0 Å². The predicted octanol–water partition coefficient (Wildman–Crippen LogP) is 1.77. The van der Waals surface area contributed by atoms with Gasteiger partial charge in [0, 0.05) is 11.0 Å². The summed E-state index contributed by atoms with van der Waals surface area (Å²) in [6.45, 7) is 1.14. The number of terminal acetylenes is 1. The van der Waals surface area contributed by atoms with Crippen LogP contribution in [0.5, 0.6) is 0 Å². The van der Waals surface area contributed by atoms with Crippen molar-refractivity contribution in [2.24, 2.45) is 0 Å². The van der Waals surface area contributed by atoms with Crippen molar-refractivity contribution in [2.45, 2.75) is 5.25 Å². The summed E-state index contributed by atoms with van der Waals surface area (Å²) < 4.78 is 6.21. The van der Waals surface area contributed by atoms with Crippen molar-refractivity contribution in [3.63, 3.8) is 0 Å². The molecule has 1 nitrogen and oxygen atoms in total. The molecule has 1 atom stereocenters. The quantitative estimate of drug-likeness (QED) is 0.393. The second-order valence-corrected chi connectivity index (χ2v) is 5.54. The molecule has 1 heterocycles. The Labute approximate surface area is 80.6 Å². The van der Waals surface area contributed by atoms with Gasteiger partial charge in [-0.25, -0.2) is 0 Å². The molecular formula is C7H8OS3. The van der Waals surface area contributed by atoms with Gasteiger partial charge in [-0.05, 0) is 0 Å². The van der Waals surface area contributed by atoms with Gasteiger partial charge in [-0.1, -0.05) is 18.1 Å². The second-order valence-electron chi connectivity index (χ2n) is 2.02. The molecule has 0 saturated carbocycles. The van der Waals surface area contributed by atoms with Crippen molar-refractivity contribution >= 4 is 39.3 Å². The van der Waals surface area contributed by atoms with E-state index in [0.717, 1.165) is 15.9 Å². The van der Waals surface area contributed by atoms with Crippen LogP contribution in [0.2, 0.25) is 0 Å². The minimum absolute atomic E-state index is 0.411. The smallest absolute Gasteiger partial charge is 0.107 e. The molecule has 0 bridgehead atoms. The number of hydrogen-bond donors (Lipinski definition) is 0. The molecule has 60 valence electrons. The Morgan fingerprint density at radius 2 is 2.64 bits per heavy atom. The van der Waals surface area contributed by atoms with E-state index in [2.05, 4.69) is 5.92 Å². The van der Waals surface area contributed by atoms with Crippen LogP contribution in [-0.4, -0.2) is 27.7 Å². The van der Waals surface area contributed by atoms with Gasteiger partial charge in [0.2, 0.25) is 0 Å². The SMILES string of the molecule is C#CCOCC1CSC(=S)S1. The summed E-state index contributed by atoms with van der Waals surface area (Å²) in [6.07, 6.45) is 5.03. The summed E-state index contributed by atoms with van der Waals surface area (Å²) in [5, 5.41) is 0.515. The standard InChI is InChI=1S/C7H8OS3/c1-2-3-8-4-6-5-10-7(9)11-6/h1,6H,3-5H2. The fourth-order valence-corrected chi connectivity index (χ4v) is 3.52. The van der Waals surface area contributed by atoms with Crippen molar-refractivity contribution in [2.75, 3.05) is 19.0 Å². The lowest BCUT2D eigenvalue weighted by Gasteiger charge is -2.04. The van der Waals surface area contributed by atoms with Gasteiger partial charge in [0.05, 0.1) is 6.61 Å². The van der Waals surface area contributed by atoms with E-state index >= 15 is 0 Å². The Morgan fingerprint density at radius 3 is 3.18 bits per heavy atom. The molecule has 11 heavy (non-hydrogen) atoms. The van der Waals surface area contributed by atoms with Gasteiger partial charge >= 0.3 is 0 Å². The van der Waals surface area contributed by atoms with Crippen molar-refractivity contribution in [1.82, 2.24) is 0 Å². The molecule has 0 aromatic heterocycles. The Kier molecular flexibility index (Phi) is 4.31. The Balaban J connectivity index is 2.09. The summed E-state index contributed by atoms with van der Waals surface area (Å²) in [5.74, 6) is 3.50. The molecule has 1 fully saturated rings. The topological polar surface area (TPSA) is 9.23 Å². The lowest BCUT2D eigenvalue weighted by atomic mass is 10.5. The lowest BCUT2D eigenvalue weighted by molar-refractivity contribution is 0.172. The zero-order valence-electron chi connectivity index (χ0n) is 5.91. The number of thioether (sulfide) groups is 2. The van der Waals surface area contributed by atoms with Gasteiger partial charge in [-0.3, -0.25) is 0 Å². The highest BCUT2D eigenvalue weighted by Gasteiger charge is 2.20. The van der Waals surface area contributed by atoms with Gasteiger partial charge in [-0.15, -0.1) is 29.9 Å². The molecule has 1 aliphatic rings. The first kappa shape index (κ1) is 9.40. The van der Waals surface area contributed by atoms with Gasteiger partial charge in [0.1, 0.15) is 10.1 Å². The number of rotatable bonds is 3. The second kappa shape index (κ2) is 5.04. The third-order valence-corrected chi connectivity index (χ3v) is 4.27. The highest BCUT2D eigenvalue weighted by Crippen LogP contribution is 2.32. The normalized spacial score (nSPS) is 23.5. The number of hydrogen-bond acceptors (Lipinski definition) is 4. The van der Waals surface area contributed by atoms with E-state index in [0.29, 0.717) is 11.9 Å². The van der Waals surface area contributed by atoms with Crippen molar-refractivity contribution < 1.29 is 4.74 Å². The van der Waals surface area contributed by atoms with Crippen molar-refractivity contribution in [3.8, 4) is 12.3 Å². The van der Waals surface area contributed by atoms with E-state index in [-0.39, 0.29) is 0 Å². The molecule has 0 aliphatic carbocycles. The minimum Gasteiger partial charge on any atom is -0.368 e. The molecule has 1 aliphatic heterocycles. The van der Waals surface area contributed by atoms with Crippen LogP contribution in [0.1, 0.15) is 0 Å². The molecule has 1 unspecified atom stereocenters. The lowest BCUT2D eigenvalue weighted by Crippen LogP contribution is -2.11. The first-order valence-corrected chi connectivity index (χ1v) is 5.45. The van der Waals surface area contributed by atoms with Gasteiger partial charge < -0.3 is 4.74 Å². The molecule has 4 heteroatoms. The fraction of sp³-hybridized carbons (Fsp3) is 0.571. The highest BCUT2D eigenvalue weighted by atomic mass is 32.2. The highest BCUT2D eigenvalue weighted by molar-refractivity contribution is 8.49. The maximum Gasteiger partial charge on any atom is 0.107 e. The monoisotopic (exact) mass is 204 g/mol. The summed E-state index contributed by atoms with van der Waals surface area (Å²) in [7, 11) is 0. The van der Waals surface area contributed by atoms with Crippen LogP contribution >= 0.6 is 35.7 Å². The largest absolute Gasteiger partial charge is 0.368 e. The molecule has 1 saturated heterocycles. The minimum atomic E-state index is 0.411. The summed E-state index contributed by atoms with van der Waals surface area (Å²) in [4.78, 5) is 0. The average molecular weight is 204 g/mol. The predicted molar refractivity (Wildman–Crippen MR) is 56.1 cm³/mol. The first-order valence-electron chi connectivity index (χ1n) is 3.17. The van der Waals surface area contributed by atoms with Crippen LogP contribution in [0.3, 0.4) is 0 Å². The van der Waals surface area contributed by atoms with Gasteiger partial charge in [-0.2, -0.15) is 0 Å². The average Bonchev–Trinajstić information content (AvgIpc) is 2.37. The van der Waals surface area contributed by atoms with E-state index in [4.69, 9.17) is 23.4 Å². The van der Waals surface area contributed by atoms with Crippen LogP contribution in [0, 0.1) is 12.3 Å². The Hall–Kier alpha value is 0.310. The summed E-state index contributed by atoms with van der Waals surface area (Å²) >= 11 is 8.45. The van der Waals surface area contributed by atoms with E-state index < -0.39 is 0 Å². The zero-order chi connectivity index (χ0) is 8.10. The van der Waals surface area contributed by atoms with Gasteiger partial charge in [0.15, 0.2) is 0 Å². The Bertz CT molecular complexity index is 185. The van der Waals surface area contributed by atoms with Crippen LogP contribution in [-0.2, 0) is 4.74 Å².